The number of nitrogen functional groups attached to an aromatic ring is 1. The molecule has 0 saturated heterocycles. The van der Waals surface area contributed by atoms with Gasteiger partial charge in [0.15, 0.2) is 5.69 Å². The van der Waals surface area contributed by atoms with Crippen LogP contribution in [0.15, 0.2) is 23.2 Å². The van der Waals surface area contributed by atoms with Crippen LogP contribution in [0.25, 0.3) is 0 Å². The normalized spacial score (nSPS) is 14.4. The second kappa shape index (κ2) is 5.79. The second-order valence-electron chi connectivity index (χ2n) is 6.86. The average Bonchev–Trinajstić information content (AvgIpc) is 2.67. The van der Waals surface area contributed by atoms with Crippen LogP contribution < -0.4 is 11.5 Å². The fourth-order valence-corrected chi connectivity index (χ4v) is 1.65. The Morgan fingerprint density at radius 1 is 1.29 bits per heavy atom. The molecule has 0 aliphatic heterocycles. The molecule has 0 aliphatic carbocycles. The smallest absolute Gasteiger partial charge is 0.246 e. The number of aromatic nitrogens is 2. The summed E-state index contributed by atoms with van der Waals surface area (Å²) in [5, 5.41) is 0. The van der Waals surface area contributed by atoms with Gasteiger partial charge in [-0.1, -0.05) is 0 Å². The van der Waals surface area contributed by atoms with E-state index >= 15 is 0 Å². The lowest BCUT2D eigenvalue weighted by Gasteiger charge is -2.24. The maximum atomic E-state index is 6.21. The number of rotatable bonds is 2. The summed E-state index contributed by atoms with van der Waals surface area (Å²) in [6.07, 6.45) is 3.39. The summed E-state index contributed by atoms with van der Waals surface area (Å²) in [5.41, 5.74) is 11.9. The first-order valence-electron chi connectivity index (χ1n) is 6.99. The molecule has 21 heavy (non-hydrogen) atoms. The zero-order chi connectivity index (χ0) is 16.4. The molecule has 4 N–H and O–H groups in total. The minimum Gasteiger partial charge on any atom is -0.470 e. The van der Waals surface area contributed by atoms with E-state index in [0.717, 1.165) is 0 Å². The van der Waals surface area contributed by atoms with E-state index in [1.54, 1.807) is 12.4 Å². The predicted molar refractivity (Wildman–Crippen MR) is 87.0 cm³/mol. The summed E-state index contributed by atoms with van der Waals surface area (Å²) < 4.78 is 7.76. The molecule has 6 heteroatoms. The van der Waals surface area contributed by atoms with Gasteiger partial charge in [-0.05, 0) is 54.5 Å². The molecule has 1 rings (SSSR count). The van der Waals surface area contributed by atoms with Gasteiger partial charge in [0.05, 0.1) is 6.33 Å². The Hall–Kier alpha value is -1.98. The van der Waals surface area contributed by atoms with E-state index in [1.165, 1.54) is 0 Å². The standard InChI is InChI=1S/C15H27N5O/c1-8-10(16)19-13(21-15(5,6)7)11-12(17)20(9-18-11)14(2,3)4/h8-9H,16-17H2,1-7H3/b10-8-,19-13?. The third kappa shape index (κ3) is 4.51. The van der Waals surface area contributed by atoms with Gasteiger partial charge < -0.3 is 20.8 Å². The number of hydrogen-bond donors (Lipinski definition) is 2. The van der Waals surface area contributed by atoms with Gasteiger partial charge in [0, 0.05) is 5.54 Å². The SMILES string of the molecule is C/C=C(/N)N=C(OC(C)(C)C)c1ncn(C(C)(C)C)c1N. The number of hydrogen-bond acceptors (Lipinski definition) is 5. The van der Waals surface area contributed by atoms with Gasteiger partial charge in [-0.25, -0.2) is 4.98 Å². The first-order valence-corrected chi connectivity index (χ1v) is 6.99. The molecule has 0 radical (unpaired) electrons. The third-order valence-corrected chi connectivity index (χ3v) is 2.66. The van der Waals surface area contributed by atoms with Gasteiger partial charge in [-0.3, -0.25) is 0 Å². The molecule has 0 aliphatic rings. The predicted octanol–water partition coefficient (Wildman–Crippen LogP) is 2.60. The van der Waals surface area contributed by atoms with Gasteiger partial charge >= 0.3 is 0 Å². The lowest BCUT2D eigenvalue weighted by molar-refractivity contribution is 0.117. The van der Waals surface area contributed by atoms with Crippen molar-refractivity contribution >= 4 is 11.7 Å². The zero-order valence-electron chi connectivity index (χ0n) is 14.1. The molecule has 0 spiro atoms. The molecular formula is C15H27N5O. The molecule has 0 saturated carbocycles. The van der Waals surface area contributed by atoms with E-state index in [-0.39, 0.29) is 5.54 Å². The maximum Gasteiger partial charge on any atom is 0.246 e. The number of nitrogens with zero attached hydrogens (tertiary/aromatic N) is 3. The summed E-state index contributed by atoms with van der Waals surface area (Å²) >= 11 is 0. The van der Waals surface area contributed by atoms with Gasteiger partial charge in [-0.2, -0.15) is 4.99 Å². The van der Waals surface area contributed by atoms with Crippen LogP contribution >= 0.6 is 0 Å². The highest BCUT2D eigenvalue weighted by Gasteiger charge is 2.25. The molecule has 0 aromatic carbocycles. The zero-order valence-corrected chi connectivity index (χ0v) is 14.1. The highest BCUT2D eigenvalue weighted by atomic mass is 16.5. The van der Waals surface area contributed by atoms with Crippen molar-refractivity contribution in [2.75, 3.05) is 5.73 Å². The second-order valence-corrected chi connectivity index (χ2v) is 6.86. The van der Waals surface area contributed by atoms with E-state index < -0.39 is 5.60 Å². The minimum absolute atomic E-state index is 0.172. The average molecular weight is 293 g/mol. The third-order valence-electron chi connectivity index (χ3n) is 2.66. The van der Waals surface area contributed by atoms with Crippen LogP contribution in [0.1, 0.15) is 54.2 Å². The largest absolute Gasteiger partial charge is 0.470 e. The molecule has 0 atom stereocenters. The van der Waals surface area contributed by atoms with Gasteiger partial charge in [0.2, 0.25) is 5.90 Å². The Bertz CT molecular complexity index is 556. The Morgan fingerprint density at radius 3 is 2.24 bits per heavy atom. The number of ether oxygens (including phenoxy) is 1. The van der Waals surface area contributed by atoms with Crippen molar-refractivity contribution < 1.29 is 4.74 Å². The lowest BCUT2D eigenvalue weighted by Crippen LogP contribution is -2.27. The Labute approximate surface area is 126 Å². The van der Waals surface area contributed by atoms with E-state index in [2.05, 4.69) is 30.7 Å². The number of aliphatic imine (C=N–C) groups is 1. The fourth-order valence-electron chi connectivity index (χ4n) is 1.65. The molecule has 0 fully saturated rings. The summed E-state index contributed by atoms with van der Waals surface area (Å²) in [6.45, 7) is 13.8. The number of allylic oxidation sites excluding steroid dienone is 1. The Morgan fingerprint density at radius 2 is 1.86 bits per heavy atom. The molecule has 1 aromatic rings. The molecule has 0 amide bonds. The van der Waals surface area contributed by atoms with Crippen LogP contribution in [-0.2, 0) is 10.3 Å². The summed E-state index contributed by atoms with van der Waals surface area (Å²) in [7, 11) is 0. The summed E-state index contributed by atoms with van der Waals surface area (Å²) in [4.78, 5) is 8.64. The topological polar surface area (TPSA) is 91.5 Å². The van der Waals surface area contributed by atoms with E-state index in [1.807, 2.05) is 32.3 Å². The molecule has 0 unspecified atom stereocenters. The fraction of sp³-hybridized carbons (Fsp3) is 0.600. The first-order chi connectivity index (χ1) is 9.45. The van der Waals surface area contributed by atoms with Crippen LogP contribution in [-0.4, -0.2) is 21.0 Å². The molecule has 6 nitrogen and oxygen atoms in total. The highest BCUT2D eigenvalue weighted by Crippen LogP contribution is 2.23. The Kier molecular flexibility index (Phi) is 4.71. The van der Waals surface area contributed by atoms with E-state index in [4.69, 9.17) is 16.2 Å². The Balaban J connectivity index is 3.35. The van der Waals surface area contributed by atoms with Crippen molar-refractivity contribution in [2.45, 2.75) is 59.6 Å². The molecule has 118 valence electrons. The van der Waals surface area contributed by atoms with Crippen LogP contribution in [0.5, 0.6) is 0 Å². The summed E-state index contributed by atoms with van der Waals surface area (Å²) in [5.74, 6) is 1.20. The van der Waals surface area contributed by atoms with E-state index in [9.17, 15) is 0 Å². The highest BCUT2D eigenvalue weighted by molar-refractivity contribution is 5.97. The van der Waals surface area contributed by atoms with Gasteiger partial charge in [0.25, 0.3) is 0 Å². The van der Waals surface area contributed by atoms with Crippen molar-refractivity contribution in [1.82, 2.24) is 9.55 Å². The van der Waals surface area contributed by atoms with Crippen molar-refractivity contribution in [3.63, 3.8) is 0 Å². The van der Waals surface area contributed by atoms with Crippen LogP contribution in [0.3, 0.4) is 0 Å². The van der Waals surface area contributed by atoms with Crippen LogP contribution in [0, 0.1) is 0 Å². The lowest BCUT2D eigenvalue weighted by atomic mass is 10.1. The molecule has 1 aromatic heterocycles. The summed E-state index contributed by atoms with van der Waals surface area (Å²) in [6, 6.07) is 0. The van der Waals surface area contributed by atoms with Gasteiger partial charge in [-0.15, -0.1) is 0 Å². The van der Waals surface area contributed by atoms with Crippen molar-refractivity contribution in [3.05, 3.63) is 23.9 Å². The maximum absolute atomic E-state index is 6.21. The molecule has 0 bridgehead atoms. The monoisotopic (exact) mass is 293 g/mol. The molecule has 1 heterocycles. The molecular weight excluding hydrogens is 266 g/mol. The number of nitrogens with two attached hydrogens (primary N) is 2. The number of imidazole rings is 1. The van der Waals surface area contributed by atoms with E-state index in [0.29, 0.717) is 23.2 Å². The quantitative estimate of drug-likeness (QED) is 0.647. The first kappa shape index (κ1) is 17.1. The minimum atomic E-state index is -0.426. The van der Waals surface area contributed by atoms with Crippen LogP contribution in [0.2, 0.25) is 0 Å². The van der Waals surface area contributed by atoms with Crippen molar-refractivity contribution in [3.8, 4) is 0 Å². The van der Waals surface area contributed by atoms with Gasteiger partial charge in [0.1, 0.15) is 17.2 Å². The van der Waals surface area contributed by atoms with Crippen LogP contribution in [0.4, 0.5) is 5.82 Å². The number of anilines is 1. The van der Waals surface area contributed by atoms with Crippen molar-refractivity contribution in [1.29, 1.82) is 0 Å². The van der Waals surface area contributed by atoms with Crippen molar-refractivity contribution in [2.24, 2.45) is 10.7 Å².